The molecule has 0 bridgehead atoms. The lowest BCUT2D eigenvalue weighted by Crippen LogP contribution is -2.39. The van der Waals surface area contributed by atoms with Crippen LogP contribution in [0, 0.1) is 17.0 Å². The van der Waals surface area contributed by atoms with Crippen LogP contribution in [0.3, 0.4) is 0 Å². The Morgan fingerprint density at radius 1 is 1.45 bits per heavy atom. The number of aryl methyl sites for hydroxylation is 1. The molecule has 1 atom stereocenters. The first-order chi connectivity index (χ1) is 9.41. The topological polar surface area (TPSA) is 75.4 Å². The fraction of sp³-hybridized carbons (Fsp3) is 0.600. The summed E-state index contributed by atoms with van der Waals surface area (Å²) in [5, 5.41) is 24.6. The van der Waals surface area contributed by atoms with Crippen molar-refractivity contribution in [2.45, 2.75) is 51.2 Å². The zero-order chi connectivity index (χ0) is 14.8. The first kappa shape index (κ1) is 14.9. The van der Waals surface area contributed by atoms with Crippen LogP contribution in [0.4, 0.5) is 5.69 Å². The Hall–Kier alpha value is -1.46. The highest BCUT2D eigenvalue weighted by atomic mass is 16.6. The lowest BCUT2D eigenvalue weighted by Gasteiger charge is -2.25. The van der Waals surface area contributed by atoms with Crippen molar-refractivity contribution in [3.05, 3.63) is 39.4 Å². The molecule has 1 aliphatic carbocycles. The van der Waals surface area contributed by atoms with E-state index < -0.39 is 5.60 Å². The van der Waals surface area contributed by atoms with Crippen LogP contribution in [0.25, 0.3) is 0 Å². The molecule has 1 aromatic rings. The quantitative estimate of drug-likeness (QED) is 0.641. The summed E-state index contributed by atoms with van der Waals surface area (Å²) < 4.78 is 0. The third kappa shape index (κ3) is 3.35. The zero-order valence-corrected chi connectivity index (χ0v) is 12.1. The maximum atomic E-state index is 11.0. The fourth-order valence-corrected chi connectivity index (χ4v) is 2.76. The molecule has 0 aromatic heterocycles. The molecule has 5 nitrogen and oxygen atoms in total. The standard InChI is InChI=1S/C15H22N2O3/c1-11-5-6-13(9-14(11)17(19)20)12(2)16-10-15(18)7-3-4-8-15/h5-6,9,12,16,18H,3-4,7-8,10H2,1-2H3. The van der Waals surface area contributed by atoms with E-state index in [4.69, 9.17) is 0 Å². The second-order valence-corrected chi connectivity index (χ2v) is 5.84. The molecule has 0 aliphatic heterocycles. The lowest BCUT2D eigenvalue weighted by molar-refractivity contribution is -0.385. The Morgan fingerprint density at radius 3 is 2.70 bits per heavy atom. The van der Waals surface area contributed by atoms with Crippen LogP contribution >= 0.6 is 0 Å². The third-order valence-corrected chi connectivity index (χ3v) is 4.20. The molecular weight excluding hydrogens is 256 g/mol. The van der Waals surface area contributed by atoms with E-state index in [0.717, 1.165) is 31.2 Å². The first-order valence-corrected chi connectivity index (χ1v) is 7.12. The largest absolute Gasteiger partial charge is 0.389 e. The van der Waals surface area contributed by atoms with Crippen LogP contribution in [0.1, 0.15) is 49.8 Å². The highest BCUT2D eigenvalue weighted by Gasteiger charge is 2.31. The molecule has 0 amide bonds. The minimum atomic E-state index is -0.606. The van der Waals surface area contributed by atoms with Gasteiger partial charge in [0.1, 0.15) is 0 Å². The van der Waals surface area contributed by atoms with Crippen molar-refractivity contribution in [1.29, 1.82) is 0 Å². The zero-order valence-electron chi connectivity index (χ0n) is 12.1. The van der Waals surface area contributed by atoms with Gasteiger partial charge in [-0.1, -0.05) is 25.0 Å². The van der Waals surface area contributed by atoms with E-state index in [1.807, 2.05) is 13.0 Å². The Labute approximate surface area is 119 Å². The average molecular weight is 278 g/mol. The molecule has 0 radical (unpaired) electrons. The highest BCUT2D eigenvalue weighted by Crippen LogP contribution is 2.30. The molecule has 1 aromatic carbocycles. The molecule has 1 saturated carbocycles. The first-order valence-electron chi connectivity index (χ1n) is 7.12. The summed E-state index contributed by atoms with van der Waals surface area (Å²) in [6.07, 6.45) is 3.81. The molecule has 1 unspecified atom stereocenters. The number of nitrogens with one attached hydrogen (secondary N) is 1. The smallest absolute Gasteiger partial charge is 0.272 e. The number of nitrogens with zero attached hydrogens (tertiary/aromatic N) is 1. The molecule has 0 spiro atoms. The van der Waals surface area contributed by atoms with Gasteiger partial charge in [0.05, 0.1) is 10.5 Å². The van der Waals surface area contributed by atoms with Crippen LogP contribution in [0.5, 0.6) is 0 Å². The molecule has 2 N–H and O–H groups in total. The number of rotatable bonds is 5. The van der Waals surface area contributed by atoms with Gasteiger partial charge in [-0.15, -0.1) is 0 Å². The van der Waals surface area contributed by atoms with Crippen LogP contribution in [-0.2, 0) is 0 Å². The van der Waals surface area contributed by atoms with Crippen LogP contribution in [-0.4, -0.2) is 22.2 Å². The van der Waals surface area contributed by atoms with Crippen molar-refractivity contribution in [2.24, 2.45) is 0 Å². The van der Waals surface area contributed by atoms with E-state index in [1.54, 1.807) is 19.1 Å². The molecule has 1 fully saturated rings. The van der Waals surface area contributed by atoms with Gasteiger partial charge in [0, 0.05) is 24.2 Å². The summed E-state index contributed by atoms with van der Waals surface area (Å²) >= 11 is 0. The Bertz CT molecular complexity index is 496. The number of aliphatic hydroxyl groups is 1. The molecule has 0 saturated heterocycles. The SMILES string of the molecule is Cc1ccc(C(C)NCC2(O)CCCC2)cc1[N+](=O)[O-]. The summed E-state index contributed by atoms with van der Waals surface area (Å²) in [6, 6.07) is 5.28. The van der Waals surface area contributed by atoms with E-state index in [1.165, 1.54) is 0 Å². The van der Waals surface area contributed by atoms with E-state index >= 15 is 0 Å². The van der Waals surface area contributed by atoms with Gasteiger partial charge in [-0.05, 0) is 32.3 Å². The number of hydrogen-bond donors (Lipinski definition) is 2. The molecular formula is C15H22N2O3. The molecule has 1 aliphatic rings. The second-order valence-electron chi connectivity index (χ2n) is 5.84. The monoisotopic (exact) mass is 278 g/mol. The average Bonchev–Trinajstić information content (AvgIpc) is 2.84. The van der Waals surface area contributed by atoms with E-state index in [0.29, 0.717) is 12.1 Å². The molecule has 0 heterocycles. The van der Waals surface area contributed by atoms with Crippen molar-refractivity contribution in [3.63, 3.8) is 0 Å². The summed E-state index contributed by atoms with van der Waals surface area (Å²) in [5.74, 6) is 0. The van der Waals surface area contributed by atoms with E-state index in [9.17, 15) is 15.2 Å². The maximum Gasteiger partial charge on any atom is 0.272 e. The van der Waals surface area contributed by atoms with Crippen LogP contribution in [0.15, 0.2) is 18.2 Å². The minimum Gasteiger partial charge on any atom is -0.389 e. The second kappa shape index (κ2) is 5.89. The van der Waals surface area contributed by atoms with Gasteiger partial charge in [0.15, 0.2) is 0 Å². The van der Waals surface area contributed by atoms with Crippen molar-refractivity contribution in [3.8, 4) is 0 Å². The Kier molecular flexibility index (Phi) is 4.40. The summed E-state index contributed by atoms with van der Waals surface area (Å²) in [7, 11) is 0. The fourth-order valence-electron chi connectivity index (χ4n) is 2.76. The lowest BCUT2D eigenvalue weighted by atomic mass is 10.0. The van der Waals surface area contributed by atoms with Gasteiger partial charge in [0.25, 0.3) is 5.69 Å². The summed E-state index contributed by atoms with van der Waals surface area (Å²) in [5.41, 5.74) is 1.09. The van der Waals surface area contributed by atoms with Gasteiger partial charge in [0.2, 0.25) is 0 Å². The predicted molar refractivity (Wildman–Crippen MR) is 77.7 cm³/mol. The molecule has 20 heavy (non-hydrogen) atoms. The third-order valence-electron chi connectivity index (χ3n) is 4.20. The predicted octanol–water partition coefficient (Wildman–Crippen LogP) is 2.86. The molecule has 110 valence electrons. The van der Waals surface area contributed by atoms with Crippen molar-refractivity contribution in [1.82, 2.24) is 5.32 Å². The maximum absolute atomic E-state index is 11.0. The number of benzene rings is 1. The Morgan fingerprint density at radius 2 is 2.10 bits per heavy atom. The van der Waals surface area contributed by atoms with Crippen LogP contribution in [0.2, 0.25) is 0 Å². The Balaban J connectivity index is 2.03. The van der Waals surface area contributed by atoms with Crippen LogP contribution < -0.4 is 5.32 Å². The number of nitro benzene ring substituents is 1. The summed E-state index contributed by atoms with van der Waals surface area (Å²) in [4.78, 5) is 10.6. The normalized spacial score (nSPS) is 18.9. The van der Waals surface area contributed by atoms with E-state index in [-0.39, 0.29) is 16.7 Å². The minimum absolute atomic E-state index is 0.0149. The summed E-state index contributed by atoms with van der Waals surface area (Å²) in [6.45, 7) is 4.24. The van der Waals surface area contributed by atoms with Gasteiger partial charge >= 0.3 is 0 Å². The van der Waals surface area contributed by atoms with Crippen molar-refractivity contribution in [2.75, 3.05) is 6.54 Å². The van der Waals surface area contributed by atoms with Crippen molar-refractivity contribution < 1.29 is 10.0 Å². The highest BCUT2D eigenvalue weighted by molar-refractivity contribution is 5.43. The van der Waals surface area contributed by atoms with Crippen molar-refractivity contribution >= 4 is 5.69 Å². The van der Waals surface area contributed by atoms with Gasteiger partial charge in [-0.2, -0.15) is 0 Å². The number of nitro groups is 1. The molecule has 5 heteroatoms. The van der Waals surface area contributed by atoms with Gasteiger partial charge in [-0.3, -0.25) is 10.1 Å². The number of hydrogen-bond acceptors (Lipinski definition) is 4. The molecule has 2 rings (SSSR count). The van der Waals surface area contributed by atoms with Gasteiger partial charge < -0.3 is 10.4 Å². The van der Waals surface area contributed by atoms with Gasteiger partial charge in [-0.25, -0.2) is 0 Å². The van der Waals surface area contributed by atoms with E-state index in [2.05, 4.69) is 5.32 Å².